The van der Waals surface area contributed by atoms with E-state index >= 15 is 0 Å². The number of para-hydroxylation sites is 1. The number of carbonyl (C=O) groups is 2. The zero-order chi connectivity index (χ0) is 47.4. The van der Waals surface area contributed by atoms with E-state index in [1.165, 1.54) is 32.1 Å². The van der Waals surface area contributed by atoms with Gasteiger partial charge in [-0.15, -0.1) is 11.8 Å². The van der Waals surface area contributed by atoms with Crippen molar-refractivity contribution in [3.8, 4) is 5.75 Å². The van der Waals surface area contributed by atoms with E-state index in [0.717, 1.165) is 99.5 Å². The number of allylic oxidation sites excluding steroid dienone is 1. The lowest BCUT2D eigenvalue weighted by atomic mass is 9.90. The molecular formula is C53H62N6O6S3. The molecule has 5 aliphatic rings. The van der Waals surface area contributed by atoms with Crippen LogP contribution in [0, 0.1) is 6.92 Å². The Kier molecular flexibility index (Phi) is 14.9. The van der Waals surface area contributed by atoms with Gasteiger partial charge in [0.25, 0.3) is 15.9 Å². The number of hydrogen-bond acceptors (Lipinski definition) is 12. The van der Waals surface area contributed by atoms with Crippen LogP contribution in [-0.2, 0) is 21.2 Å². The predicted octanol–water partition coefficient (Wildman–Crippen LogP) is 9.54. The molecule has 3 aliphatic heterocycles. The quantitative estimate of drug-likeness (QED) is 0.104. The number of nitrogens with one attached hydrogen (secondary N) is 2. The Hall–Kier alpha value is -5.19. The number of thioether (sulfide) groups is 1. The van der Waals surface area contributed by atoms with Gasteiger partial charge in [0.1, 0.15) is 11.9 Å². The van der Waals surface area contributed by atoms with Crippen molar-refractivity contribution in [3.05, 3.63) is 137 Å². The van der Waals surface area contributed by atoms with Crippen molar-refractivity contribution in [1.82, 2.24) is 24.7 Å². The summed E-state index contributed by atoms with van der Waals surface area (Å²) in [5, 5.41) is 3.03. The molecule has 1 saturated heterocycles. The summed E-state index contributed by atoms with van der Waals surface area (Å²) in [5.74, 6) is 0.783. The van der Waals surface area contributed by atoms with Crippen molar-refractivity contribution in [1.29, 1.82) is 0 Å². The van der Waals surface area contributed by atoms with Crippen molar-refractivity contribution in [2.75, 3.05) is 64.1 Å². The second-order valence-corrected chi connectivity index (χ2v) is 22.3. The molecule has 2 aliphatic carbocycles. The number of nitrogens with zero attached hydrogens (tertiary/aromatic N) is 4. The van der Waals surface area contributed by atoms with E-state index in [0.29, 0.717) is 24.2 Å². The second kappa shape index (κ2) is 21.2. The fraction of sp³-hybridized carbons (Fsp3) is 0.396. The van der Waals surface area contributed by atoms with Crippen LogP contribution in [0.25, 0.3) is 0 Å². The average Bonchev–Trinajstić information content (AvgIpc) is 3.97. The minimum atomic E-state index is -4.10. The van der Waals surface area contributed by atoms with Gasteiger partial charge in [-0.25, -0.2) is 17.9 Å². The van der Waals surface area contributed by atoms with Crippen molar-refractivity contribution in [2.45, 2.75) is 96.6 Å². The summed E-state index contributed by atoms with van der Waals surface area (Å²) in [6.07, 6.45) is 12.2. The molecule has 15 heteroatoms. The number of rotatable bonds is 16. The Balaban J connectivity index is 0.905. The van der Waals surface area contributed by atoms with Gasteiger partial charge in [0.05, 0.1) is 29.4 Å². The Morgan fingerprint density at radius 2 is 1.72 bits per heavy atom. The molecule has 3 heterocycles. The van der Waals surface area contributed by atoms with Crippen LogP contribution in [0.4, 0.5) is 16.2 Å². The van der Waals surface area contributed by atoms with Crippen LogP contribution in [0.2, 0.25) is 0 Å². The molecule has 0 bridgehead atoms. The molecule has 0 aromatic heterocycles. The number of carbonyl (C=O) groups excluding carboxylic acids is 2. The molecule has 12 nitrogen and oxygen atoms in total. The first-order valence-corrected chi connectivity index (χ1v) is 27.1. The average molecular weight is 975 g/mol. The van der Waals surface area contributed by atoms with Gasteiger partial charge in [0.2, 0.25) is 0 Å². The SMILES string of the molecule is CCSc1ccc2c(c1)N(CCCN1CCN(C)C(CN3C=C(Cc4ccc(C(=O)NS(=O)(=O)c5ccccc5C)cc4OC)C4=CC(NC(=O)OC5CCCC5)=CCC43)C1)c1ccccc1S2. The number of hydrogen-bond donors (Lipinski definition) is 2. The van der Waals surface area contributed by atoms with Crippen LogP contribution < -0.4 is 19.7 Å². The number of ether oxygens (including phenoxy) is 2. The Bertz CT molecular complexity index is 2740. The molecule has 68 heavy (non-hydrogen) atoms. The second-order valence-electron chi connectivity index (χ2n) is 18.3. The van der Waals surface area contributed by atoms with E-state index in [2.05, 4.69) is 104 Å². The molecule has 2 amide bonds. The third-order valence-corrected chi connectivity index (χ3v) is 17.2. The van der Waals surface area contributed by atoms with Crippen LogP contribution in [-0.4, -0.2) is 112 Å². The highest BCUT2D eigenvalue weighted by Gasteiger charge is 2.36. The topological polar surface area (TPSA) is 124 Å². The number of likely N-dealkylation sites (N-methyl/N-ethyl adjacent to an activating group) is 1. The Labute approximate surface area is 410 Å². The summed E-state index contributed by atoms with van der Waals surface area (Å²) in [5.41, 5.74) is 7.08. The standard InChI is InChI=1S/C53H62N6O6S3/c1-5-66-43-22-24-50-47(32-43)59(46-16-9-10-17-49(46)67-50)26-12-25-57-28-27-56(3)41(34-57)35-58-33-39(44-31-40(21-23-45(44)58)54-53(61)65-42-14-7-8-15-42)29-37-19-20-38(30-48(37)64-4)52(60)55-68(62,63)51-18-11-6-13-36(51)2/h6,9-11,13,16-22,24,30-33,41-42,45H,5,7-8,12,14-15,23,25-29,34-35H2,1-4H3,(H,54,61)(H,55,60). The van der Waals surface area contributed by atoms with Gasteiger partial charge in [0.15, 0.2) is 0 Å². The number of alkyl carbamates (subject to hydrolysis) is 1. The maximum atomic E-state index is 13.4. The van der Waals surface area contributed by atoms with E-state index in [-0.39, 0.29) is 28.6 Å². The minimum Gasteiger partial charge on any atom is -0.496 e. The number of aryl methyl sites for hydroxylation is 1. The Morgan fingerprint density at radius 3 is 2.53 bits per heavy atom. The fourth-order valence-electron chi connectivity index (χ4n) is 10.1. The first-order chi connectivity index (χ1) is 33.0. The zero-order valence-corrected chi connectivity index (χ0v) is 41.9. The predicted molar refractivity (Wildman–Crippen MR) is 272 cm³/mol. The lowest BCUT2D eigenvalue weighted by Crippen LogP contribution is -2.55. The smallest absolute Gasteiger partial charge is 0.411 e. The van der Waals surface area contributed by atoms with E-state index in [1.807, 2.05) is 29.6 Å². The van der Waals surface area contributed by atoms with Crippen LogP contribution in [0.1, 0.15) is 66.9 Å². The number of methoxy groups -OCH3 is 1. The number of benzene rings is 4. The number of sulfonamides is 1. The van der Waals surface area contributed by atoms with E-state index in [9.17, 15) is 18.0 Å². The molecule has 2 N–H and O–H groups in total. The lowest BCUT2D eigenvalue weighted by Gasteiger charge is -2.42. The molecular weight excluding hydrogens is 913 g/mol. The van der Waals surface area contributed by atoms with E-state index in [4.69, 9.17) is 9.47 Å². The molecule has 2 unspecified atom stereocenters. The molecule has 0 spiro atoms. The summed E-state index contributed by atoms with van der Waals surface area (Å²) >= 11 is 3.75. The first kappa shape index (κ1) is 47.9. The summed E-state index contributed by atoms with van der Waals surface area (Å²) in [4.78, 5) is 40.5. The highest BCUT2D eigenvalue weighted by molar-refractivity contribution is 8.00. The van der Waals surface area contributed by atoms with E-state index in [1.54, 1.807) is 44.4 Å². The minimum absolute atomic E-state index is 0.0422. The van der Waals surface area contributed by atoms with Crippen molar-refractivity contribution >= 4 is 56.9 Å². The molecule has 4 aromatic rings. The molecule has 2 fully saturated rings. The van der Waals surface area contributed by atoms with Crippen LogP contribution in [0.15, 0.2) is 140 Å². The van der Waals surface area contributed by atoms with Gasteiger partial charge in [-0.05, 0) is 142 Å². The van der Waals surface area contributed by atoms with Crippen molar-refractivity contribution in [2.24, 2.45) is 0 Å². The van der Waals surface area contributed by atoms with Crippen LogP contribution in [0.3, 0.4) is 0 Å². The highest BCUT2D eigenvalue weighted by Crippen LogP contribution is 2.49. The monoisotopic (exact) mass is 974 g/mol. The van der Waals surface area contributed by atoms with Gasteiger partial charge in [0, 0.05) is 77.3 Å². The first-order valence-electron chi connectivity index (χ1n) is 23.9. The third kappa shape index (κ3) is 10.8. The van der Waals surface area contributed by atoms with Gasteiger partial charge < -0.3 is 24.2 Å². The molecule has 4 aromatic carbocycles. The Morgan fingerprint density at radius 1 is 0.926 bits per heavy atom. The summed E-state index contributed by atoms with van der Waals surface area (Å²) in [6, 6.07) is 27.7. The zero-order valence-electron chi connectivity index (χ0n) is 39.4. The maximum absolute atomic E-state index is 13.4. The van der Waals surface area contributed by atoms with Crippen LogP contribution >= 0.6 is 23.5 Å². The van der Waals surface area contributed by atoms with E-state index < -0.39 is 22.0 Å². The normalized spacial score (nSPS) is 19.6. The fourth-order valence-corrected chi connectivity index (χ4v) is 13.1. The number of amides is 2. The maximum Gasteiger partial charge on any atom is 0.411 e. The van der Waals surface area contributed by atoms with Gasteiger partial charge in [-0.1, -0.05) is 61.2 Å². The summed E-state index contributed by atoms with van der Waals surface area (Å²) in [7, 11) is -0.306. The third-order valence-electron chi connectivity index (χ3n) is 13.7. The number of anilines is 2. The summed E-state index contributed by atoms with van der Waals surface area (Å²) < 4.78 is 40.2. The molecule has 2 atom stereocenters. The van der Waals surface area contributed by atoms with Gasteiger partial charge >= 0.3 is 6.09 Å². The molecule has 0 radical (unpaired) electrons. The van der Waals surface area contributed by atoms with Gasteiger partial charge in [-0.2, -0.15) is 0 Å². The molecule has 358 valence electrons. The molecule has 9 rings (SSSR count). The number of fused-ring (bicyclic) bond motifs is 3. The van der Waals surface area contributed by atoms with Gasteiger partial charge in [-0.3, -0.25) is 15.0 Å². The van der Waals surface area contributed by atoms with Crippen LogP contribution in [0.5, 0.6) is 5.75 Å². The summed E-state index contributed by atoms with van der Waals surface area (Å²) in [6.45, 7) is 9.62. The lowest BCUT2D eigenvalue weighted by molar-refractivity contribution is 0.0747. The number of piperazine rings is 1. The highest BCUT2D eigenvalue weighted by atomic mass is 32.2. The van der Waals surface area contributed by atoms with Crippen molar-refractivity contribution < 1.29 is 27.5 Å². The largest absolute Gasteiger partial charge is 0.496 e. The van der Waals surface area contributed by atoms with Crippen molar-refractivity contribution in [3.63, 3.8) is 0 Å². The molecule has 1 saturated carbocycles.